The number of rotatable bonds is 6. The van der Waals surface area contributed by atoms with Gasteiger partial charge in [0.05, 0.1) is 11.5 Å². The van der Waals surface area contributed by atoms with Crippen molar-refractivity contribution in [2.45, 2.75) is 45.3 Å². The Morgan fingerprint density at radius 3 is 2.04 bits per heavy atom. The summed E-state index contributed by atoms with van der Waals surface area (Å²) < 4.78 is 21.2. The second-order valence-electron chi connectivity index (χ2n) is 6.00. The Morgan fingerprint density at radius 2 is 1.54 bits per heavy atom. The maximum Gasteiger partial charge on any atom is 0.303 e. The first kappa shape index (κ1) is 21.1. The van der Waals surface area contributed by atoms with Crippen LogP contribution in [0.1, 0.15) is 20.8 Å². The lowest BCUT2D eigenvalue weighted by molar-refractivity contribution is -0.384. The van der Waals surface area contributed by atoms with Gasteiger partial charge in [0.1, 0.15) is 0 Å². The SMILES string of the molecule is CC(=O)O[C@@H]1[C@@H](OC(C)=O)[C@@H](Nc2ccc([N+](=O)[O-])cc2)OC[C@H]1OC(C)=O. The van der Waals surface area contributed by atoms with Crippen molar-refractivity contribution in [3.05, 3.63) is 34.4 Å². The molecule has 0 bridgehead atoms. The normalized spacial score (nSPS) is 24.0. The fourth-order valence-electron chi connectivity index (χ4n) is 2.71. The van der Waals surface area contributed by atoms with Gasteiger partial charge in [-0.1, -0.05) is 0 Å². The molecule has 11 nitrogen and oxygen atoms in total. The number of nitrogens with zero attached hydrogens (tertiary/aromatic N) is 1. The fraction of sp³-hybridized carbons (Fsp3) is 0.471. The van der Waals surface area contributed by atoms with Crippen LogP contribution in [-0.2, 0) is 33.3 Å². The maximum atomic E-state index is 11.6. The van der Waals surface area contributed by atoms with E-state index in [1.54, 1.807) is 0 Å². The molecule has 1 aliphatic heterocycles. The molecule has 0 aromatic heterocycles. The first-order valence-electron chi connectivity index (χ1n) is 8.31. The van der Waals surface area contributed by atoms with E-state index in [2.05, 4.69) is 5.32 Å². The lowest BCUT2D eigenvalue weighted by Gasteiger charge is -2.40. The van der Waals surface area contributed by atoms with Crippen LogP contribution < -0.4 is 5.32 Å². The molecule has 28 heavy (non-hydrogen) atoms. The molecule has 1 heterocycles. The molecule has 1 fully saturated rings. The molecule has 0 unspecified atom stereocenters. The number of nitro groups is 1. The van der Waals surface area contributed by atoms with Crippen molar-refractivity contribution in [3.63, 3.8) is 0 Å². The number of carbonyl (C=O) groups is 3. The average Bonchev–Trinajstić information content (AvgIpc) is 2.59. The van der Waals surface area contributed by atoms with Crippen molar-refractivity contribution < 1.29 is 38.3 Å². The smallest absolute Gasteiger partial charge is 0.303 e. The van der Waals surface area contributed by atoms with Gasteiger partial charge in [0.15, 0.2) is 24.5 Å². The van der Waals surface area contributed by atoms with E-state index in [1.165, 1.54) is 45.0 Å². The van der Waals surface area contributed by atoms with Crippen LogP contribution in [0.3, 0.4) is 0 Å². The molecule has 0 amide bonds. The van der Waals surface area contributed by atoms with Crippen LogP contribution in [0.15, 0.2) is 24.3 Å². The molecular formula is C17H20N2O9. The molecule has 11 heteroatoms. The highest BCUT2D eigenvalue weighted by molar-refractivity contribution is 5.68. The van der Waals surface area contributed by atoms with Gasteiger partial charge in [0.2, 0.25) is 0 Å². The highest BCUT2D eigenvalue weighted by Crippen LogP contribution is 2.26. The largest absolute Gasteiger partial charge is 0.456 e. The van der Waals surface area contributed by atoms with Gasteiger partial charge in [-0.05, 0) is 12.1 Å². The molecule has 0 aliphatic carbocycles. The summed E-state index contributed by atoms with van der Waals surface area (Å²) in [7, 11) is 0. The van der Waals surface area contributed by atoms with Crippen LogP contribution in [0.25, 0.3) is 0 Å². The van der Waals surface area contributed by atoms with Crippen molar-refractivity contribution in [3.8, 4) is 0 Å². The molecule has 4 atom stereocenters. The predicted octanol–water partition coefficient (Wildman–Crippen LogP) is 1.16. The maximum absolute atomic E-state index is 11.6. The zero-order valence-electron chi connectivity index (χ0n) is 15.4. The van der Waals surface area contributed by atoms with Crippen molar-refractivity contribution in [1.29, 1.82) is 0 Å². The topological polar surface area (TPSA) is 143 Å². The van der Waals surface area contributed by atoms with Gasteiger partial charge in [0, 0.05) is 38.6 Å². The third-order valence-electron chi connectivity index (χ3n) is 3.74. The number of carbonyl (C=O) groups excluding carboxylic acids is 3. The van der Waals surface area contributed by atoms with E-state index in [1.807, 2.05) is 0 Å². The summed E-state index contributed by atoms with van der Waals surface area (Å²) in [4.78, 5) is 44.6. The van der Waals surface area contributed by atoms with Crippen LogP contribution in [0.2, 0.25) is 0 Å². The third-order valence-corrected chi connectivity index (χ3v) is 3.74. The van der Waals surface area contributed by atoms with Gasteiger partial charge in [0.25, 0.3) is 5.69 Å². The number of nitro benzene ring substituents is 1. The van der Waals surface area contributed by atoms with Crippen LogP contribution in [0.4, 0.5) is 11.4 Å². The van der Waals surface area contributed by atoms with E-state index >= 15 is 0 Å². The minimum atomic E-state index is -1.13. The van der Waals surface area contributed by atoms with Gasteiger partial charge in [-0.2, -0.15) is 0 Å². The number of ether oxygens (including phenoxy) is 4. The van der Waals surface area contributed by atoms with E-state index in [9.17, 15) is 24.5 Å². The van der Waals surface area contributed by atoms with Crippen LogP contribution in [0.5, 0.6) is 0 Å². The molecule has 152 valence electrons. The molecule has 0 radical (unpaired) electrons. The minimum absolute atomic E-state index is 0.0978. The predicted molar refractivity (Wildman–Crippen MR) is 93.1 cm³/mol. The first-order valence-corrected chi connectivity index (χ1v) is 8.31. The van der Waals surface area contributed by atoms with Crippen LogP contribution in [0, 0.1) is 10.1 Å². The molecule has 1 aliphatic rings. The molecule has 0 spiro atoms. The Labute approximate surface area is 160 Å². The van der Waals surface area contributed by atoms with Crippen molar-refractivity contribution in [2.24, 2.45) is 0 Å². The summed E-state index contributed by atoms with van der Waals surface area (Å²) in [5.41, 5.74) is 0.347. The van der Waals surface area contributed by atoms with Gasteiger partial charge in [-0.15, -0.1) is 0 Å². The Hall–Kier alpha value is -3.21. The quantitative estimate of drug-likeness (QED) is 0.322. The van der Waals surface area contributed by atoms with Crippen molar-refractivity contribution in [1.82, 2.24) is 0 Å². The standard InChI is InChI=1S/C17H20N2O9/c1-9(20)26-14-8-25-17(16(28-11(3)22)15(14)27-10(2)21)18-12-4-6-13(7-5-12)19(23)24/h4-7,14-18H,8H2,1-3H3/t14-,15+,16-,17+/m1/s1. The zero-order valence-corrected chi connectivity index (χ0v) is 15.4. The number of hydrogen-bond acceptors (Lipinski definition) is 10. The van der Waals surface area contributed by atoms with Gasteiger partial charge >= 0.3 is 17.9 Å². The molecule has 1 aromatic carbocycles. The summed E-state index contributed by atoms with van der Waals surface area (Å²) in [5.74, 6) is -1.94. The summed E-state index contributed by atoms with van der Waals surface area (Å²) in [5, 5.41) is 13.7. The molecule has 1 saturated heterocycles. The van der Waals surface area contributed by atoms with Crippen molar-refractivity contribution in [2.75, 3.05) is 11.9 Å². The number of anilines is 1. The summed E-state index contributed by atoms with van der Waals surface area (Å²) >= 11 is 0. The zero-order chi connectivity index (χ0) is 20.8. The molecule has 1 aromatic rings. The Bertz CT molecular complexity index is 749. The Balaban J connectivity index is 2.25. The lowest BCUT2D eigenvalue weighted by atomic mass is 10.0. The highest BCUT2D eigenvalue weighted by Gasteiger charge is 2.47. The van der Waals surface area contributed by atoms with Crippen LogP contribution >= 0.6 is 0 Å². The number of nitrogens with one attached hydrogen (secondary N) is 1. The molecule has 0 saturated carbocycles. The minimum Gasteiger partial charge on any atom is -0.456 e. The van der Waals surface area contributed by atoms with E-state index in [-0.39, 0.29) is 12.3 Å². The summed E-state index contributed by atoms with van der Waals surface area (Å²) in [6.45, 7) is 3.40. The number of non-ortho nitro benzene ring substituents is 1. The second-order valence-corrected chi connectivity index (χ2v) is 6.00. The van der Waals surface area contributed by atoms with E-state index in [0.717, 1.165) is 0 Å². The summed E-state index contributed by atoms with van der Waals surface area (Å²) in [6.07, 6.45) is -4.16. The number of hydrogen-bond donors (Lipinski definition) is 1. The van der Waals surface area contributed by atoms with E-state index in [0.29, 0.717) is 5.69 Å². The summed E-state index contributed by atoms with van der Waals surface area (Å²) in [6, 6.07) is 5.48. The highest BCUT2D eigenvalue weighted by atomic mass is 16.6. The van der Waals surface area contributed by atoms with E-state index < -0.39 is 47.4 Å². The van der Waals surface area contributed by atoms with Crippen molar-refractivity contribution >= 4 is 29.3 Å². The monoisotopic (exact) mass is 396 g/mol. The van der Waals surface area contributed by atoms with Gasteiger partial charge < -0.3 is 24.3 Å². The second kappa shape index (κ2) is 9.13. The molecule has 2 rings (SSSR count). The van der Waals surface area contributed by atoms with Gasteiger partial charge in [-0.25, -0.2) is 0 Å². The number of benzene rings is 1. The average molecular weight is 396 g/mol. The Morgan fingerprint density at radius 1 is 1.00 bits per heavy atom. The Kier molecular flexibility index (Phi) is 6.88. The third kappa shape index (κ3) is 5.64. The molecular weight excluding hydrogens is 376 g/mol. The fourth-order valence-corrected chi connectivity index (χ4v) is 2.71. The molecule has 1 N–H and O–H groups in total. The first-order chi connectivity index (χ1) is 13.2. The lowest BCUT2D eigenvalue weighted by Crippen LogP contribution is -2.59. The number of esters is 3. The van der Waals surface area contributed by atoms with E-state index in [4.69, 9.17) is 18.9 Å². The van der Waals surface area contributed by atoms with Crippen LogP contribution in [-0.4, -0.2) is 54.0 Å². The van der Waals surface area contributed by atoms with Gasteiger partial charge in [-0.3, -0.25) is 24.5 Å².